The normalized spacial score (nSPS) is 33.4. The van der Waals surface area contributed by atoms with Crippen LogP contribution in [-0.2, 0) is 4.79 Å². The smallest absolute Gasteiger partial charge is 0.226 e. The number of likely N-dealkylation sites (tertiary alicyclic amines) is 1. The molecule has 80 valence electrons. The number of hydrogen-bond donors (Lipinski definition) is 0. The Bertz CT molecular complexity index is 241. The van der Waals surface area contributed by atoms with Crippen LogP contribution in [0.15, 0.2) is 0 Å². The topological polar surface area (TPSA) is 20.3 Å². The molecule has 2 heteroatoms. The summed E-state index contributed by atoms with van der Waals surface area (Å²) in [5, 5.41) is 0. The number of nitrogens with zero attached hydrogens (tertiary/aromatic N) is 1. The molecule has 2 aliphatic rings. The molecule has 1 amide bonds. The van der Waals surface area contributed by atoms with Gasteiger partial charge in [0.05, 0.1) is 0 Å². The second-order valence-electron chi connectivity index (χ2n) is 5.77. The molecule has 1 aliphatic heterocycles. The Hall–Kier alpha value is -0.530. The Kier molecular flexibility index (Phi) is 2.32. The highest BCUT2D eigenvalue weighted by Gasteiger charge is 2.44. The number of amides is 1. The van der Waals surface area contributed by atoms with Crippen molar-refractivity contribution in [1.82, 2.24) is 4.90 Å². The molecule has 1 saturated carbocycles. The summed E-state index contributed by atoms with van der Waals surface area (Å²) in [7, 11) is 0. The highest BCUT2D eigenvalue weighted by atomic mass is 16.2. The van der Waals surface area contributed by atoms with Crippen molar-refractivity contribution < 1.29 is 4.79 Å². The van der Waals surface area contributed by atoms with Crippen LogP contribution in [0.2, 0.25) is 0 Å². The van der Waals surface area contributed by atoms with Crippen molar-refractivity contribution in [2.45, 2.75) is 52.0 Å². The van der Waals surface area contributed by atoms with Crippen LogP contribution in [-0.4, -0.2) is 22.9 Å². The molecular formula is C12H21NO. The van der Waals surface area contributed by atoms with Crippen molar-refractivity contribution in [2.75, 3.05) is 6.54 Å². The van der Waals surface area contributed by atoms with Crippen LogP contribution in [0.3, 0.4) is 0 Å². The monoisotopic (exact) mass is 195 g/mol. The predicted octanol–water partition coefficient (Wildman–Crippen LogP) is 2.43. The van der Waals surface area contributed by atoms with Crippen molar-refractivity contribution in [3.05, 3.63) is 0 Å². The zero-order valence-corrected chi connectivity index (χ0v) is 9.55. The van der Waals surface area contributed by atoms with Crippen molar-refractivity contribution in [3.63, 3.8) is 0 Å². The molecule has 1 aliphatic carbocycles. The summed E-state index contributed by atoms with van der Waals surface area (Å²) in [6.07, 6.45) is 4.98. The first kappa shape index (κ1) is 10.0. The lowest BCUT2D eigenvalue weighted by Gasteiger charge is -2.32. The van der Waals surface area contributed by atoms with E-state index in [4.69, 9.17) is 0 Å². The van der Waals surface area contributed by atoms with Crippen LogP contribution < -0.4 is 0 Å². The van der Waals surface area contributed by atoms with E-state index in [0.29, 0.717) is 17.7 Å². The zero-order chi connectivity index (χ0) is 10.3. The number of carbonyl (C=O) groups is 1. The van der Waals surface area contributed by atoms with E-state index in [9.17, 15) is 4.79 Å². The van der Waals surface area contributed by atoms with Gasteiger partial charge >= 0.3 is 0 Å². The molecule has 2 rings (SSSR count). The summed E-state index contributed by atoms with van der Waals surface area (Å²) in [4.78, 5) is 14.2. The summed E-state index contributed by atoms with van der Waals surface area (Å²) in [5.41, 5.74) is 0.0222. The maximum Gasteiger partial charge on any atom is 0.226 e. The van der Waals surface area contributed by atoms with Crippen molar-refractivity contribution in [3.8, 4) is 0 Å². The average Bonchev–Trinajstić information content (AvgIpc) is 2.44. The third kappa shape index (κ3) is 1.55. The molecule has 2 nitrogen and oxygen atoms in total. The zero-order valence-electron chi connectivity index (χ0n) is 9.55. The largest absolute Gasteiger partial charge is 0.337 e. The standard InChI is InChI=1S/C12H21NO/c1-12(2,3)13-8-9-6-4-5-7-10(9)11(13)14/h9-10H,4-8H2,1-3H3/t9-,10+/m0/s1. The lowest BCUT2D eigenvalue weighted by molar-refractivity contribution is -0.135. The maximum atomic E-state index is 12.1. The van der Waals surface area contributed by atoms with E-state index < -0.39 is 0 Å². The van der Waals surface area contributed by atoms with Gasteiger partial charge in [0.15, 0.2) is 0 Å². The minimum atomic E-state index is 0.0222. The Morgan fingerprint density at radius 3 is 2.43 bits per heavy atom. The summed E-state index contributed by atoms with van der Waals surface area (Å²) in [6.45, 7) is 7.43. The van der Waals surface area contributed by atoms with Crippen LogP contribution in [0.5, 0.6) is 0 Å². The fraction of sp³-hybridized carbons (Fsp3) is 0.917. The van der Waals surface area contributed by atoms with Crippen LogP contribution in [0.1, 0.15) is 46.5 Å². The van der Waals surface area contributed by atoms with E-state index in [-0.39, 0.29) is 5.54 Å². The molecule has 2 atom stereocenters. The summed E-state index contributed by atoms with van der Waals surface area (Å²) >= 11 is 0. The first-order valence-corrected chi connectivity index (χ1v) is 5.81. The van der Waals surface area contributed by atoms with E-state index in [2.05, 4.69) is 25.7 Å². The lowest BCUT2D eigenvalue weighted by Crippen LogP contribution is -2.43. The molecular weight excluding hydrogens is 174 g/mol. The molecule has 0 unspecified atom stereocenters. The third-order valence-electron chi connectivity index (χ3n) is 3.72. The van der Waals surface area contributed by atoms with E-state index in [1.165, 1.54) is 19.3 Å². The first-order chi connectivity index (χ1) is 6.50. The van der Waals surface area contributed by atoms with Crippen molar-refractivity contribution in [1.29, 1.82) is 0 Å². The minimum absolute atomic E-state index is 0.0222. The lowest BCUT2D eigenvalue weighted by atomic mass is 9.81. The van der Waals surface area contributed by atoms with Crippen LogP contribution in [0, 0.1) is 11.8 Å². The maximum absolute atomic E-state index is 12.1. The van der Waals surface area contributed by atoms with Crippen molar-refractivity contribution in [2.24, 2.45) is 11.8 Å². The van der Waals surface area contributed by atoms with Crippen LogP contribution >= 0.6 is 0 Å². The van der Waals surface area contributed by atoms with Gasteiger partial charge in [0, 0.05) is 18.0 Å². The van der Waals surface area contributed by atoms with E-state index in [0.717, 1.165) is 13.0 Å². The van der Waals surface area contributed by atoms with Gasteiger partial charge < -0.3 is 4.90 Å². The number of carbonyl (C=O) groups excluding carboxylic acids is 1. The Morgan fingerprint density at radius 1 is 1.21 bits per heavy atom. The molecule has 0 bridgehead atoms. The summed E-state index contributed by atoms with van der Waals surface area (Å²) < 4.78 is 0. The molecule has 0 radical (unpaired) electrons. The van der Waals surface area contributed by atoms with Gasteiger partial charge in [0.2, 0.25) is 5.91 Å². The van der Waals surface area contributed by atoms with Crippen LogP contribution in [0.25, 0.3) is 0 Å². The molecule has 0 aromatic carbocycles. The second kappa shape index (κ2) is 3.25. The SMILES string of the molecule is CC(C)(C)N1C[C@@H]2CCCC[C@H]2C1=O. The molecule has 14 heavy (non-hydrogen) atoms. The molecule has 0 N–H and O–H groups in total. The van der Waals surface area contributed by atoms with Crippen molar-refractivity contribution >= 4 is 5.91 Å². The second-order valence-corrected chi connectivity index (χ2v) is 5.77. The summed E-state index contributed by atoms with van der Waals surface area (Å²) in [6, 6.07) is 0. The van der Waals surface area contributed by atoms with Gasteiger partial charge in [-0.25, -0.2) is 0 Å². The van der Waals surface area contributed by atoms with Gasteiger partial charge in [-0.05, 0) is 39.5 Å². The molecule has 0 spiro atoms. The van der Waals surface area contributed by atoms with Gasteiger partial charge in [0.1, 0.15) is 0 Å². The van der Waals surface area contributed by atoms with E-state index in [1.54, 1.807) is 0 Å². The quantitative estimate of drug-likeness (QED) is 0.581. The number of hydrogen-bond acceptors (Lipinski definition) is 1. The van der Waals surface area contributed by atoms with Gasteiger partial charge in [0.25, 0.3) is 0 Å². The van der Waals surface area contributed by atoms with E-state index >= 15 is 0 Å². The van der Waals surface area contributed by atoms with E-state index in [1.807, 2.05) is 0 Å². The Balaban J connectivity index is 2.14. The highest BCUT2D eigenvalue weighted by molar-refractivity contribution is 5.82. The molecule has 0 aromatic rings. The number of fused-ring (bicyclic) bond motifs is 1. The number of rotatable bonds is 0. The highest BCUT2D eigenvalue weighted by Crippen LogP contribution is 2.39. The Labute approximate surface area is 86.7 Å². The van der Waals surface area contributed by atoms with Crippen LogP contribution in [0.4, 0.5) is 0 Å². The fourth-order valence-electron chi connectivity index (χ4n) is 2.88. The third-order valence-corrected chi connectivity index (χ3v) is 3.72. The molecule has 2 fully saturated rings. The predicted molar refractivity (Wildman–Crippen MR) is 56.9 cm³/mol. The van der Waals surface area contributed by atoms with Gasteiger partial charge in [-0.15, -0.1) is 0 Å². The molecule has 1 saturated heterocycles. The Morgan fingerprint density at radius 2 is 1.86 bits per heavy atom. The molecule has 0 aromatic heterocycles. The minimum Gasteiger partial charge on any atom is -0.337 e. The van der Waals surface area contributed by atoms with Gasteiger partial charge in [-0.2, -0.15) is 0 Å². The fourth-order valence-corrected chi connectivity index (χ4v) is 2.88. The van der Waals surface area contributed by atoms with Gasteiger partial charge in [-0.1, -0.05) is 12.8 Å². The van der Waals surface area contributed by atoms with Gasteiger partial charge in [-0.3, -0.25) is 4.79 Å². The first-order valence-electron chi connectivity index (χ1n) is 5.81. The average molecular weight is 195 g/mol. The summed E-state index contributed by atoms with van der Waals surface area (Å²) in [5.74, 6) is 1.45. The molecule has 1 heterocycles.